The van der Waals surface area contributed by atoms with E-state index in [1.54, 1.807) is 6.20 Å². The van der Waals surface area contributed by atoms with Crippen LogP contribution in [0.15, 0.2) is 24.4 Å². The smallest absolute Gasteiger partial charge is 0.197 e. The van der Waals surface area contributed by atoms with Crippen LogP contribution in [0, 0.1) is 0 Å². The molecule has 0 bridgehead atoms. The minimum atomic E-state index is 0.201. The standard InChI is InChI=1S/C11H9NO2/c13-11-10-7(6-12-11)3-4-9-8(10)2-1-5-14-9/h1-4,6,12-13H,5H2. The summed E-state index contributed by atoms with van der Waals surface area (Å²) in [5.41, 5.74) is 0.951. The largest absolute Gasteiger partial charge is 0.494 e. The highest BCUT2D eigenvalue weighted by Crippen LogP contribution is 2.35. The molecule has 14 heavy (non-hydrogen) atoms. The van der Waals surface area contributed by atoms with Gasteiger partial charge in [0.15, 0.2) is 5.88 Å². The molecular weight excluding hydrogens is 178 g/mol. The maximum Gasteiger partial charge on any atom is 0.197 e. The Bertz CT molecular complexity index is 525. The van der Waals surface area contributed by atoms with Crippen molar-refractivity contribution in [2.45, 2.75) is 0 Å². The number of fused-ring (bicyclic) bond motifs is 3. The van der Waals surface area contributed by atoms with Gasteiger partial charge in [-0.05, 0) is 18.2 Å². The quantitative estimate of drug-likeness (QED) is 0.664. The summed E-state index contributed by atoms with van der Waals surface area (Å²) < 4.78 is 5.44. The van der Waals surface area contributed by atoms with E-state index in [2.05, 4.69) is 4.98 Å². The van der Waals surface area contributed by atoms with E-state index in [1.807, 2.05) is 24.3 Å². The predicted molar refractivity (Wildman–Crippen MR) is 54.5 cm³/mol. The third kappa shape index (κ3) is 0.865. The molecule has 1 aliphatic rings. The highest BCUT2D eigenvalue weighted by Gasteiger charge is 2.13. The van der Waals surface area contributed by atoms with Crippen LogP contribution < -0.4 is 4.74 Å². The van der Waals surface area contributed by atoms with E-state index in [0.29, 0.717) is 6.61 Å². The van der Waals surface area contributed by atoms with Gasteiger partial charge in [0.2, 0.25) is 0 Å². The summed E-state index contributed by atoms with van der Waals surface area (Å²) in [7, 11) is 0. The number of ether oxygens (including phenoxy) is 1. The lowest BCUT2D eigenvalue weighted by Crippen LogP contribution is -1.99. The molecular formula is C11H9NO2. The molecule has 1 aliphatic heterocycles. The number of aromatic hydroxyl groups is 1. The van der Waals surface area contributed by atoms with E-state index in [4.69, 9.17) is 4.74 Å². The van der Waals surface area contributed by atoms with E-state index >= 15 is 0 Å². The zero-order valence-corrected chi connectivity index (χ0v) is 7.45. The number of hydrogen-bond donors (Lipinski definition) is 2. The summed E-state index contributed by atoms with van der Waals surface area (Å²) in [4.78, 5) is 2.79. The second-order valence-electron chi connectivity index (χ2n) is 3.29. The zero-order valence-electron chi connectivity index (χ0n) is 7.45. The fourth-order valence-electron chi connectivity index (χ4n) is 1.82. The minimum Gasteiger partial charge on any atom is -0.494 e. The molecule has 0 fully saturated rings. The first-order chi connectivity index (χ1) is 6.86. The Hall–Kier alpha value is -1.90. The van der Waals surface area contributed by atoms with Crippen molar-refractivity contribution in [3.63, 3.8) is 0 Å². The van der Waals surface area contributed by atoms with E-state index < -0.39 is 0 Å². The number of benzene rings is 1. The van der Waals surface area contributed by atoms with Crippen LogP contribution in [0.1, 0.15) is 5.56 Å². The molecule has 0 amide bonds. The Morgan fingerprint density at radius 3 is 3.21 bits per heavy atom. The maximum atomic E-state index is 9.62. The van der Waals surface area contributed by atoms with Crippen molar-refractivity contribution in [1.29, 1.82) is 0 Å². The molecule has 1 aromatic carbocycles. The highest BCUT2D eigenvalue weighted by atomic mass is 16.5. The predicted octanol–water partition coefficient (Wildman–Crippen LogP) is 2.28. The van der Waals surface area contributed by atoms with Crippen molar-refractivity contribution in [2.75, 3.05) is 6.61 Å². The second kappa shape index (κ2) is 2.54. The molecule has 3 rings (SSSR count). The summed E-state index contributed by atoms with van der Waals surface area (Å²) in [5, 5.41) is 11.5. The van der Waals surface area contributed by atoms with Gasteiger partial charge in [-0.2, -0.15) is 0 Å². The van der Waals surface area contributed by atoms with Crippen LogP contribution in [-0.4, -0.2) is 16.7 Å². The fourth-order valence-corrected chi connectivity index (χ4v) is 1.82. The topological polar surface area (TPSA) is 45.2 Å². The van der Waals surface area contributed by atoms with Gasteiger partial charge in [0, 0.05) is 17.1 Å². The normalized spacial score (nSPS) is 14.0. The first-order valence-electron chi connectivity index (χ1n) is 4.48. The molecule has 3 heteroatoms. The lowest BCUT2D eigenvalue weighted by molar-refractivity contribution is 0.359. The molecule has 70 valence electrons. The van der Waals surface area contributed by atoms with E-state index in [9.17, 15) is 5.11 Å². The summed E-state index contributed by atoms with van der Waals surface area (Å²) in [6.45, 7) is 0.601. The number of rotatable bonds is 0. The average Bonchev–Trinajstić information content (AvgIpc) is 2.61. The van der Waals surface area contributed by atoms with Gasteiger partial charge in [0.05, 0.1) is 5.39 Å². The van der Waals surface area contributed by atoms with E-state index in [0.717, 1.165) is 22.1 Å². The van der Waals surface area contributed by atoms with Gasteiger partial charge in [-0.1, -0.05) is 6.08 Å². The van der Waals surface area contributed by atoms with Crippen LogP contribution in [-0.2, 0) is 0 Å². The Kier molecular flexibility index (Phi) is 1.36. The molecule has 2 aromatic rings. The fraction of sp³-hybridized carbons (Fsp3) is 0.0909. The third-order valence-corrected chi connectivity index (χ3v) is 2.46. The number of aromatic amines is 1. The third-order valence-electron chi connectivity index (χ3n) is 2.46. The van der Waals surface area contributed by atoms with Crippen molar-refractivity contribution in [2.24, 2.45) is 0 Å². The Morgan fingerprint density at radius 2 is 2.29 bits per heavy atom. The van der Waals surface area contributed by atoms with Gasteiger partial charge in [-0.25, -0.2) is 0 Å². The number of nitrogens with one attached hydrogen (secondary N) is 1. The van der Waals surface area contributed by atoms with Crippen LogP contribution in [0.2, 0.25) is 0 Å². The van der Waals surface area contributed by atoms with Crippen LogP contribution >= 0.6 is 0 Å². The van der Waals surface area contributed by atoms with E-state index in [1.165, 1.54) is 0 Å². The highest BCUT2D eigenvalue weighted by molar-refractivity contribution is 5.97. The van der Waals surface area contributed by atoms with Crippen LogP contribution in [0.5, 0.6) is 11.6 Å². The number of aromatic nitrogens is 1. The lowest BCUT2D eigenvalue weighted by Gasteiger charge is -2.12. The van der Waals surface area contributed by atoms with Crippen molar-refractivity contribution in [3.8, 4) is 11.6 Å². The van der Waals surface area contributed by atoms with Crippen molar-refractivity contribution >= 4 is 16.8 Å². The summed E-state index contributed by atoms with van der Waals surface area (Å²) >= 11 is 0. The first kappa shape index (κ1) is 7.50. The Labute approximate surface area is 80.6 Å². The van der Waals surface area contributed by atoms with Gasteiger partial charge in [0.1, 0.15) is 12.4 Å². The zero-order chi connectivity index (χ0) is 9.54. The van der Waals surface area contributed by atoms with Crippen molar-refractivity contribution < 1.29 is 9.84 Å². The number of H-pyrrole nitrogens is 1. The molecule has 0 saturated carbocycles. The molecule has 2 heterocycles. The molecule has 0 saturated heterocycles. The van der Waals surface area contributed by atoms with Gasteiger partial charge in [0.25, 0.3) is 0 Å². The maximum absolute atomic E-state index is 9.62. The molecule has 3 nitrogen and oxygen atoms in total. The molecule has 0 spiro atoms. The SMILES string of the molecule is Oc1[nH]cc2ccc3c(c12)C=CCO3. The van der Waals surface area contributed by atoms with Gasteiger partial charge >= 0.3 is 0 Å². The first-order valence-corrected chi connectivity index (χ1v) is 4.48. The van der Waals surface area contributed by atoms with Gasteiger partial charge in [-0.3, -0.25) is 0 Å². The van der Waals surface area contributed by atoms with Crippen molar-refractivity contribution in [1.82, 2.24) is 4.98 Å². The Morgan fingerprint density at radius 1 is 1.36 bits per heavy atom. The van der Waals surface area contributed by atoms with Crippen LogP contribution in [0.25, 0.3) is 16.8 Å². The van der Waals surface area contributed by atoms with Crippen LogP contribution in [0.3, 0.4) is 0 Å². The molecule has 0 unspecified atom stereocenters. The summed E-state index contributed by atoms with van der Waals surface area (Å²) in [6.07, 6.45) is 5.70. The van der Waals surface area contributed by atoms with E-state index in [-0.39, 0.29) is 5.88 Å². The summed E-state index contributed by atoms with van der Waals surface area (Å²) in [5.74, 6) is 1.03. The molecule has 0 aliphatic carbocycles. The molecule has 1 aromatic heterocycles. The van der Waals surface area contributed by atoms with Gasteiger partial charge in [-0.15, -0.1) is 0 Å². The molecule has 0 atom stereocenters. The summed E-state index contributed by atoms with van der Waals surface area (Å²) in [6, 6.07) is 3.86. The molecule has 0 radical (unpaired) electrons. The van der Waals surface area contributed by atoms with Crippen molar-refractivity contribution in [3.05, 3.63) is 30.0 Å². The van der Waals surface area contributed by atoms with Gasteiger partial charge < -0.3 is 14.8 Å². The monoisotopic (exact) mass is 187 g/mol. The second-order valence-corrected chi connectivity index (χ2v) is 3.29. The lowest BCUT2D eigenvalue weighted by atomic mass is 10.1. The number of hydrogen-bond acceptors (Lipinski definition) is 2. The average molecular weight is 187 g/mol. The Balaban J connectivity index is 2.46. The van der Waals surface area contributed by atoms with Crippen LogP contribution in [0.4, 0.5) is 0 Å². The minimum absolute atomic E-state index is 0.201. The molecule has 2 N–H and O–H groups in total.